The van der Waals surface area contributed by atoms with Gasteiger partial charge in [0.2, 0.25) is 0 Å². The van der Waals surface area contributed by atoms with Crippen molar-refractivity contribution in [2.24, 2.45) is 0 Å². The van der Waals surface area contributed by atoms with Crippen LogP contribution in [0.4, 0.5) is 10.5 Å². The molecule has 0 saturated carbocycles. The molecular weight excluding hydrogens is 298 g/mol. The minimum atomic E-state index is -1.47. The molecule has 0 fully saturated rings. The van der Waals surface area contributed by atoms with Crippen LogP contribution in [0.15, 0.2) is 42.5 Å². The van der Waals surface area contributed by atoms with Crippen molar-refractivity contribution in [1.29, 1.82) is 0 Å². The maximum absolute atomic E-state index is 12.6. The van der Waals surface area contributed by atoms with Crippen LogP contribution in [-0.2, 0) is 0 Å². The molecule has 0 atom stereocenters. The molecule has 0 aliphatic heterocycles. The molecule has 6 nitrogen and oxygen atoms in total. The lowest BCUT2D eigenvalue weighted by atomic mass is 10.0. The largest absolute Gasteiger partial charge is 0.511 e. The van der Waals surface area contributed by atoms with Crippen molar-refractivity contribution in [3.05, 3.63) is 53.6 Å². The number of carboxylic acid groups (broad SMARTS) is 1. The molecule has 1 N–H and O–H groups in total. The van der Waals surface area contributed by atoms with Crippen LogP contribution in [0, 0.1) is 0 Å². The summed E-state index contributed by atoms with van der Waals surface area (Å²) in [5.41, 5.74) is 1.33. The Morgan fingerprint density at radius 2 is 1.70 bits per heavy atom. The van der Waals surface area contributed by atoms with Crippen molar-refractivity contribution in [2.45, 2.75) is 0 Å². The summed E-state index contributed by atoms with van der Waals surface area (Å²) < 4.78 is 9.82. The predicted molar refractivity (Wildman–Crippen MR) is 85.8 cm³/mol. The van der Waals surface area contributed by atoms with E-state index in [2.05, 4.69) is 0 Å². The number of hydrogen-bond acceptors (Lipinski definition) is 5. The van der Waals surface area contributed by atoms with Gasteiger partial charge in [-0.15, -0.1) is 0 Å². The number of benzene rings is 2. The Labute approximate surface area is 133 Å². The fraction of sp³-hybridized carbons (Fsp3) is 0.176. The van der Waals surface area contributed by atoms with E-state index in [0.29, 0.717) is 11.3 Å². The average molecular weight is 315 g/mol. The third kappa shape index (κ3) is 3.79. The number of carbonyl (C=O) groups is 2. The molecule has 0 bridgehead atoms. The van der Waals surface area contributed by atoms with Crippen LogP contribution in [-0.4, -0.2) is 38.3 Å². The van der Waals surface area contributed by atoms with Gasteiger partial charge in [-0.1, -0.05) is 0 Å². The number of carbonyl (C=O) groups excluding carboxylic acids is 1. The normalized spacial score (nSPS) is 10.0. The second-order valence-corrected chi connectivity index (χ2v) is 5.00. The van der Waals surface area contributed by atoms with E-state index >= 15 is 0 Å². The van der Waals surface area contributed by atoms with Crippen LogP contribution in [0.5, 0.6) is 11.5 Å². The summed E-state index contributed by atoms with van der Waals surface area (Å²) in [5.74, 6) is 0.310. The summed E-state index contributed by atoms with van der Waals surface area (Å²) in [6, 6.07) is 11.4. The van der Waals surface area contributed by atoms with E-state index in [9.17, 15) is 9.59 Å². The summed E-state index contributed by atoms with van der Waals surface area (Å²) >= 11 is 0. The Bertz CT molecular complexity index is 722. The van der Waals surface area contributed by atoms with Gasteiger partial charge in [0.25, 0.3) is 0 Å². The van der Waals surface area contributed by atoms with E-state index < -0.39 is 6.16 Å². The number of ether oxygens (including phenoxy) is 2. The van der Waals surface area contributed by atoms with Crippen molar-refractivity contribution in [2.75, 3.05) is 26.1 Å². The lowest BCUT2D eigenvalue weighted by Gasteiger charge is -2.15. The van der Waals surface area contributed by atoms with Gasteiger partial charge in [0.05, 0.1) is 12.7 Å². The van der Waals surface area contributed by atoms with Crippen molar-refractivity contribution >= 4 is 17.6 Å². The molecule has 0 unspecified atom stereocenters. The zero-order chi connectivity index (χ0) is 17.0. The van der Waals surface area contributed by atoms with Gasteiger partial charge >= 0.3 is 6.16 Å². The zero-order valence-corrected chi connectivity index (χ0v) is 13.1. The second kappa shape index (κ2) is 6.83. The Hall–Kier alpha value is -3.02. The molecule has 0 saturated heterocycles. The molecule has 0 radical (unpaired) electrons. The van der Waals surface area contributed by atoms with Gasteiger partial charge in [-0.25, -0.2) is 4.79 Å². The fourth-order valence-electron chi connectivity index (χ4n) is 2.05. The summed E-state index contributed by atoms with van der Waals surface area (Å²) in [7, 11) is 5.16. The summed E-state index contributed by atoms with van der Waals surface area (Å²) in [4.78, 5) is 25.3. The molecule has 0 amide bonds. The quantitative estimate of drug-likeness (QED) is 0.519. The Kier molecular flexibility index (Phi) is 4.85. The molecule has 6 heteroatoms. The molecule has 2 aromatic rings. The van der Waals surface area contributed by atoms with E-state index in [1.807, 2.05) is 14.1 Å². The van der Waals surface area contributed by atoms with Crippen LogP contribution in [0.25, 0.3) is 0 Å². The second-order valence-electron chi connectivity index (χ2n) is 5.00. The van der Waals surface area contributed by atoms with E-state index in [4.69, 9.17) is 14.6 Å². The van der Waals surface area contributed by atoms with Crippen LogP contribution in [0.3, 0.4) is 0 Å². The van der Waals surface area contributed by atoms with Crippen molar-refractivity contribution in [3.63, 3.8) is 0 Å². The van der Waals surface area contributed by atoms with Crippen molar-refractivity contribution in [3.8, 4) is 11.5 Å². The van der Waals surface area contributed by atoms with Crippen molar-refractivity contribution < 1.29 is 24.2 Å². The van der Waals surface area contributed by atoms with Crippen molar-refractivity contribution in [1.82, 2.24) is 0 Å². The third-order valence-electron chi connectivity index (χ3n) is 3.28. The number of rotatable bonds is 5. The van der Waals surface area contributed by atoms with E-state index in [1.165, 1.54) is 13.2 Å². The summed E-state index contributed by atoms with van der Waals surface area (Å²) in [6.45, 7) is 0. The van der Waals surface area contributed by atoms with Gasteiger partial charge in [0.15, 0.2) is 5.78 Å². The molecule has 2 rings (SSSR count). The molecule has 0 aliphatic carbocycles. The first-order valence-electron chi connectivity index (χ1n) is 6.83. The Morgan fingerprint density at radius 1 is 1.04 bits per heavy atom. The first-order chi connectivity index (χ1) is 10.9. The van der Waals surface area contributed by atoms with Crippen LogP contribution in [0.1, 0.15) is 15.9 Å². The maximum Gasteiger partial charge on any atom is 0.511 e. The van der Waals surface area contributed by atoms with Crippen LogP contribution >= 0.6 is 0 Å². The van der Waals surface area contributed by atoms with Gasteiger partial charge in [0, 0.05) is 31.4 Å². The smallest absolute Gasteiger partial charge is 0.497 e. The first kappa shape index (κ1) is 16.4. The number of anilines is 1. The number of hydrogen-bond donors (Lipinski definition) is 1. The lowest BCUT2D eigenvalue weighted by Crippen LogP contribution is -2.13. The fourth-order valence-corrected chi connectivity index (χ4v) is 2.05. The zero-order valence-electron chi connectivity index (χ0n) is 13.1. The minimum Gasteiger partial charge on any atom is -0.497 e. The van der Waals surface area contributed by atoms with Gasteiger partial charge in [-0.2, -0.15) is 0 Å². The third-order valence-corrected chi connectivity index (χ3v) is 3.28. The lowest BCUT2D eigenvalue weighted by molar-refractivity contribution is 0.103. The Morgan fingerprint density at radius 3 is 2.22 bits per heavy atom. The van der Waals surface area contributed by atoms with Crippen LogP contribution in [0.2, 0.25) is 0 Å². The summed E-state index contributed by atoms with van der Waals surface area (Å²) in [6.07, 6.45) is -1.47. The molecular formula is C17H17NO5. The number of ketones is 1. The molecule has 2 aromatic carbocycles. The highest BCUT2D eigenvalue weighted by atomic mass is 16.7. The number of nitrogens with zero attached hydrogens (tertiary/aromatic N) is 1. The maximum atomic E-state index is 12.6. The highest BCUT2D eigenvalue weighted by Gasteiger charge is 2.18. The molecule has 0 aliphatic rings. The minimum absolute atomic E-state index is 0.00418. The van der Waals surface area contributed by atoms with Gasteiger partial charge in [-0.3, -0.25) is 4.79 Å². The average Bonchev–Trinajstić information content (AvgIpc) is 2.53. The monoisotopic (exact) mass is 315 g/mol. The van der Waals surface area contributed by atoms with Gasteiger partial charge in [-0.05, 0) is 36.4 Å². The first-order valence-corrected chi connectivity index (χ1v) is 6.83. The SMILES string of the molecule is COc1ccc(C(=O)c2ccc(N(C)C)cc2OC(=O)O)cc1. The highest BCUT2D eigenvalue weighted by Crippen LogP contribution is 2.28. The molecule has 120 valence electrons. The Balaban J connectivity index is 2.43. The van der Waals surface area contributed by atoms with Crippen LogP contribution < -0.4 is 14.4 Å². The molecule has 0 aromatic heterocycles. The van der Waals surface area contributed by atoms with E-state index in [-0.39, 0.29) is 17.1 Å². The molecule has 23 heavy (non-hydrogen) atoms. The molecule has 0 heterocycles. The molecule has 0 spiro atoms. The topological polar surface area (TPSA) is 76.1 Å². The van der Waals surface area contributed by atoms with E-state index in [0.717, 1.165) is 5.69 Å². The summed E-state index contributed by atoms with van der Waals surface area (Å²) in [5, 5.41) is 8.88. The number of methoxy groups -OCH3 is 1. The standard InChI is InChI=1S/C17H17NO5/c1-18(2)12-6-9-14(15(10-12)23-17(20)21)16(19)11-4-7-13(22-3)8-5-11/h4-10H,1-3H3,(H,20,21). The van der Waals surface area contributed by atoms with E-state index in [1.54, 1.807) is 41.3 Å². The van der Waals surface area contributed by atoms with Gasteiger partial charge in [0.1, 0.15) is 11.5 Å². The predicted octanol–water partition coefficient (Wildman–Crippen LogP) is 3.05. The highest BCUT2D eigenvalue weighted by molar-refractivity contribution is 6.11. The van der Waals surface area contributed by atoms with Gasteiger partial charge < -0.3 is 19.5 Å².